The molecule has 3 N–H and O–H groups in total. The number of aromatic nitrogens is 1. The molecular weight excluding hydrogens is 318 g/mol. The molecule has 0 aliphatic heterocycles. The summed E-state index contributed by atoms with van der Waals surface area (Å²) in [5, 5.41) is 3.22. The van der Waals surface area contributed by atoms with E-state index in [0.29, 0.717) is 22.0 Å². The highest BCUT2D eigenvalue weighted by Gasteiger charge is 2.09. The van der Waals surface area contributed by atoms with Crippen LogP contribution in [0.4, 0.5) is 11.4 Å². The molecule has 0 unspecified atom stereocenters. The van der Waals surface area contributed by atoms with Gasteiger partial charge in [-0.2, -0.15) is 0 Å². The lowest BCUT2D eigenvalue weighted by Crippen LogP contribution is -2.13. The number of carbonyl (C=O) groups is 1. The van der Waals surface area contributed by atoms with Gasteiger partial charge in [-0.25, -0.2) is 0 Å². The molecule has 0 saturated heterocycles. The van der Waals surface area contributed by atoms with Crippen LogP contribution in [0.1, 0.15) is 10.4 Å². The van der Waals surface area contributed by atoms with Crippen molar-refractivity contribution in [3.05, 3.63) is 51.7 Å². The standard InChI is InChI=1S/C12H9BrClN3O/c13-8-3-7(5-16-6-8)12(18)17-11-2-1-9(14)4-10(11)15/h1-6H,15H2,(H,17,18). The van der Waals surface area contributed by atoms with Crippen molar-refractivity contribution in [2.24, 2.45) is 0 Å². The van der Waals surface area contributed by atoms with E-state index in [1.165, 1.54) is 6.20 Å². The van der Waals surface area contributed by atoms with E-state index in [4.69, 9.17) is 17.3 Å². The van der Waals surface area contributed by atoms with Gasteiger partial charge in [0.2, 0.25) is 0 Å². The van der Waals surface area contributed by atoms with Gasteiger partial charge < -0.3 is 11.1 Å². The zero-order valence-electron chi connectivity index (χ0n) is 9.15. The number of benzene rings is 1. The van der Waals surface area contributed by atoms with Crippen LogP contribution < -0.4 is 11.1 Å². The molecule has 4 nitrogen and oxygen atoms in total. The number of hydrogen-bond donors (Lipinski definition) is 2. The van der Waals surface area contributed by atoms with E-state index in [-0.39, 0.29) is 5.91 Å². The maximum atomic E-state index is 11.9. The van der Waals surface area contributed by atoms with Gasteiger partial charge in [0, 0.05) is 21.9 Å². The molecule has 6 heteroatoms. The van der Waals surface area contributed by atoms with Gasteiger partial charge in [-0.3, -0.25) is 9.78 Å². The fraction of sp³-hybridized carbons (Fsp3) is 0. The molecule has 0 aliphatic rings. The number of hydrogen-bond acceptors (Lipinski definition) is 3. The minimum Gasteiger partial charge on any atom is -0.397 e. The third-order valence-corrected chi connectivity index (χ3v) is 2.90. The Bertz CT molecular complexity index is 604. The Kier molecular flexibility index (Phi) is 3.84. The van der Waals surface area contributed by atoms with Gasteiger partial charge >= 0.3 is 0 Å². The van der Waals surface area contributed by atoms with Gasteiger partial charge in [0.25, 0.3) is 5.91 Å². The summed E-state index contributed by atoms with van der Waals surface area (Å²) in [6, 6.07) is 6.57. The Balaban J connectivity index is 2.21. The van der Waals surface area contributed by atoms with Gasteiger partial charge in [0.15, 0.2) is 0 Å². The first-order valence-corrected chi connectivity index (χ1v) is 6.20. The molecular formula is C12H9BrClN3O. The minimum absolute atomic E-state index is 0.280. The van der Waals surface area contributed by atoms with Crippen LogP contribution in [0.5, 0.6) is 0 Å². The molecule has 0 spiro atoms. The summed E-state index contributed by atoms with van der Waals surface area (Å²) in [7, 11) is 0. The van der Waals surface area contributed by atoms with Crippen LogP contribution in [0, 0.1) is 0 Å². The number of nitrogens with zero attached hydrogens (tertiary/aromatic N) is 1. The fourth-order valence-corrected chi connectivity index (χ4v) is 1.92. The summed E-state index contributed by atoms with van der Waals surface area (Å²) in [6.07, 6.45) is 3.08. The molecule has 2 rings (SSSR count). The van der Waals surface area contributed by atoms with Crippen LogP contribution in [0.15, 0.2) is 41.1 Å². The second-order valence-corrected chi connectivity index (χ2v) is 4.93. The van der Waals surface area contributed by atoms with Gasteiger partial charge in [0.05, 0.1) is 16.9 Å². The van der Waals surface area contributed by atoms with Crippen molar-refractivity contribution in [2.75, 3.05) is 11.1 Å². The summed E-state index contributed by atoms with van der Waals surface area (Å²) in [5.74, 6) is -0.280. The van der Waals surface area contributed by atoms with E-state index in [1.54, 1.807) is 30.5 Å². The van der Waals surface area contributed by atoms with Crippen LogP contribution in [0.2, 0.25) is 5.02 Å². The van der Waals surface area contributed by atoms with Crippen molar-refractivity contribution < 1.29 is 4.79 Å². The number of nitrogen functional groups attached to an aromatic ring is 1. The quantitative estimate of drug-likeness (QED) is 0.832. The highest BCUT2D eigenvalue weighted by Crippen LogP contribution is 2.23. The summed E-state index contributed by atoms with van der Waals surface area (Å²) < 4.78 is 0.735. The largest absolute Gasteiger partial charge is 0.397 e. The molecule has 0 saturated carbocycles. The van der Waals surface area contributed by atoms with Gasteiger partial charge in [-0.1, -0.05) is 11.6 Å². The average Bonchev–Trinajstić information content (AvgIpc) is 2.32. The van der Waals surface area contributed by atoms with Crippen LogP contribution in [-0.4, -0.2) is 10.9 Å². The van der Waals surface area contributed by atoms with E-state index in [9.17, 15) is 4.79 Å². The Morgan fingerprint density at radius 2 is 2.11 bits per heavy atom. The molecule has 1 amide bonds. The van der Waals surface area contributed by atoms with Crippen LogP contribution in [-0.2, 0) is 0 Å². The van der Waals surface area contributed by atoms with Gasteiger partial charge in [-0.15, -0.1) is 0 Å². The number of nitrogens with one attached hydrogen (secondary N) is 1. The lowest BCUT2D eigenvalue weighted by atomic mass is 10.2. The summed E-state index contributed by atoms with van der Waals surface area (Å²) in [5.41, 5.74) is 7.13. The van der Waals surface area contributed by atoms with E-state index >= 15 is 0 Å². The third kappa shape index (κ3) is 3.00. The van der Waals surface area contributed by atoms with E-state index in [0.717, 1.165) is 4.47 Å². The molecule has 0 radical (unpaired) electrons. The van der Waals surface area contributed by atoms with Crippen molar-refractivity contribution >= 4 is 44.8 Å². The minimum atomic E-state index is -0.280. The van der Waals surface area contributed by atoms with Crippen LogP contribution in [0.3, 0.4) is 0 Å². The molecule has 2 aromatic rings. The number of nitrogens with two attached hydrogens (primary N) is 1. The number of rotatable bonds is 2. The molecule has 0 aliphatic carbocycles. The smallest absolute Gasteiger partial charge is 0.257 e. The van der Waals surface area contributed by atoms with Crippen LogP contribution in [0.25, 0.3) is 0 Å². The summed E-state index contributed by atoms with van der Waals surface area (Å²) >= 11 is 9.04. The molecule has 1 aromatic carbocycles. The Morgan fingerprint density at radius 3 is 2.78 bits per heavy atom. The SMILES string of the molecule is Nc1cc(Cl)ccc1NC(=O)c1cncc(Br)c1. The third-order valence-electron chi connectivity index (χ3n) is 2.23. The Hall–Kier alpha value is -1.59. The fourth-order valence-electron chi connectivity index (χ4n) is 1.38. The molecule has 0 bridgehead atoms. The Morgan fingerprint density at radius 1 is 1.33 bits per heavy atom. The predicted octanol–water partition coefficient (Wildman–Crippen LogP) is 3.33. The highest BCUT2D eigenvalue weighted by molar-refractivity contribution is 9.10. The second-order valence-electron chi connectivity index (χ2n) is 3.58. The zero-order chi connectivity index (χ0) is 13.1. The number of carbonyl (C=O) groups excluding carboxylic acids is 1. The molecule has 1 heterocycles. The first kappa shape index (κ1) is 12.9. The highest BCUT2D eigenvalue weighted by atomic mass is 79.9. The summed E-state index contributed by atoms with van der Waals surface area (Å²) in [6.45, 7) is 0. The maximum absolute atomic E-state index is 11.9. The molecule has 92 valence electrons. The Labute approximate surface area is 117 Å². The lowest BCUT2D eigenvalue weighted by Gasteiger charge is -2.08. The number of halogens is 2. The predicted molar refractivity (Wildman–Crippen MR) is 75.8 cm³/mol. The summed E-state index contributed by atoms with van der Waals surface area (Å²) in [4.78, 5) is 15.9. The topological polar surface area (TPSA) is 68.0 Å². The van der Waals surface area contributed by atoms with E-state index < -0.39 is 0 Å². The molecule has 1 aromatic heterocycles. The van der Waals surface area contributed by atoms with Gasteiger partial charge in [0.1, 0.15) is 0 Å². The van der Waals surface area contributed by atoms with Crippen molar-refractivity contribution in [3.8, 4) is 0 Å². The molecule has 0 fully saturated rings. The van der Waals surface area contributed by atoms with Crippen LogP contribution >= 0.6 is 27.5 Å². The van der Waals surface area contributed by atoms with Crippen molar-refractivity contribution in [3.63, 3.8) is 0 Å². The first-order chi connectivity index (χ1) is 8.56. The molecule has 0 atom stereocenters. The lowest BCUT2D eigenvalue weighted by molar-refractivity contribution is 0.102. The monoisotopic (exact) mass is 325 g/mol. The van der Waals surface area contributed by atoms with Crippen molar-refractivity contribution in [2.45, 2.75) is 0 Å². The zero-order valence-corrected chi connectivity index (χ0v) is 11.5. The normalized spacial score (nSPS) is 10.1. The van der Waals surface area contributed by atoms with Gasteiger partial charge in [-0.05, 0) is 40.2 Å². The second kappa shape index (κ2) is 5.37. The van der Waals surface area contributed by atoms with E-state index in [2.05, 4.69) is 26.2 Å². The maximum Gasteiger partial charge on any atom is 0.257 e. The average molecular weight is 327 g/mol. The molecule has 18 heavy (non-hydrogen) atoms. The number of anilines is 2. The van der Waals surface area contributed by atoms with Crippen molar-refractivity contribution in [1.82, 2.24) is 4.98 Å². The van der Waals surface area contributed by atoms with Crippen molar-refractivity contribution in [1.29, 1.82) is 0 Å². The van der Waals surface area contributed by atoms with E-state index in [1.807, 2.05) is 0 Å². The first-order valence-electron chi connectivity index (χ1n) is 5.03. The number of pyridine rings is 1. The number of amides is 1.